The Morgan fingerprint density at radius 1 is 1.18 bits per heavy atom. The van der Waals surface area contributed by atoms with Crippen LogP contribution < -0.4 is 5.32 Å². The van der Waals surface area contributed by atoms with Gasteiger partial charge in [0.2, 0.25) is 0 Å². The lowest BCUT2D eigenvalue weighted by atomic mass is 10.1. The van der Waals surface area contributed by atoms with Gasteiger partial charge in [-0.05, 0) is 25.1 Å². The fraction of sp³-hybridized carbons (Fsp3) is 0.562. The molecule has 0 aliphatic heterocycles. The number of nitrogens with one attached hydrogen (secondary N) is 1. The predicted molar refractivity (Wildman–Crippen MR) is 80.0 cm³/mol. The molecule has 0 atom stereocenters. The molecule has 1 fully saturated rings. The molecular weight excluding hydrogens is 295 g/mol. The first-order chi connectivity index (χ1) is 10.4. The van der Waals surface area contributed by atoms with E-state index >= 15 is 0 Å². The van der Waals surface area contributed by atoms with Gasteiger partial charge in [-0.3, -0.25) is 0 Å². The van der Waals surface area contributed by atoms with Gasteiger partial charge in [0.15, 0.2) is 0 Å². The Labute approximate surface area is 128 Å². The van der Waals surface area contributed by atoms with Gasteiger partial charge in [0.25, 0.3) is 0 Å². The molecule has 0 heterocycles. The highest BCUT2D eigenvalue weighted by atomic mass is 19.4. The van der Waals surface area contributed by atoms with E-state index < -0.39 is 17.7 Å². The van der Waals surface area contributed by atoms with E-state index in [0.717, 1.165) is 19.2 Å². The molecule has 3 nitrogen and oxygen atoms in total. The Hall–Kier alpha value is -1.72. The SMILES string of the molecule is C1CCCC1.CCNc1ccc(C(F)(F)F)cc1C(=O)OC. The molecule has 124 valence electrons. The quantitative estimate of drug-likeness (QED) is 0.808. The predicted octanol–water partition coefficient (Wildman–Crippen LogP) is 4.87. The molecule has 0 aromatic heterocycles. The molecule has 1 aliphatic rings. The van der Waals surface area contributed by atoms with Gasteiger partial charge in [0, 0.05) is 12.2 Å². The summed E-state index contributed by atoms with van der Waals surface area (Å²) in [5, 5.41) is 2.80. The average molecular weight is 317 g/mol. The topological polar surface area (TPSA) is 38.3 Å². The second-order valence-electron chi connectivity index (χ2n) is 5.05. The van der Waals surface area contributed by atoms with Crippen molar-refractivity contribution < 1.29 is 22.7 Å². The molecule has 1 N–H and O–H groups in total. The molecule has 1 aromatic rings. The van der Waals surface area contributed by atoms with Crippen LogP contribution in [0.4, 0.5) is 18.9 Å². The highest BCUT2D eigenvalue weighted by Gasteiger charge is 2.31. The van der Waals surface area contributed by atoms with E-state index in [1.54, 1.807) is 6.92 Å². The first kappa shape index (κ1) is 18.3. The van der Waals surface area contributed by atoms with Gasteiger partial charge in [0.05, 0.1) is 18.2 Å². The van der Waals surface area contributed by atoms with E-state index in [9.17, 15) is 18.0 Å². The van der Waals surface area contributed by atoms with Crippen LogP contribution in [-0.2, 0) is 10.9 Å². The minimum atomic E-state index is -4.48. The van der Waals surface area contributed by atoms with E-state index in [2.05, 4.69) is 10.1 Å². The third-order valence-electron chi connectivity index (χ3n) is 3.37. The lowest BCUT2D eigenvalue weighted by Gasteiger charge is -2.12. The largest absolute Gasteiger partial charge is 0.465 e. The molecule has 0 radical (unpaired) electrons. The first-order valence-corrected chi connectivity index (χ1v) is 7.43. The number of halogens is 3. The number of anilines is 1. The summed E-state index contributed by atoms with van der Waals surface area (Å²) < 4.78 is 41.9. The third kappa shape index (κ3) is 5.58. The summed E-state index contributed by atoms with van der Waals surface area (Å²) in [5.74, 6) is -0.799. The van der Waals surface area contributed by atoms with E-state index in [-0.39, 0.29) is 5.56 Å². The van der Waals surface area contributed by atoms with E-state index in [1.807, 2.05) is 0 Å². The summed E-state index contributed by atoms with van der Waals surface area (Å²) in [6, 6.07) is 2.92. The van der Waals surface area contributed by atoms with Crippen molar-refractivity contribution in [1.29, 1.82) is 0 Å². The van der Waals surface area contributed by atoms with Gasteiger partial charge >= 0.3 is 12.1 Å². The number of esters is 1. The normalized spacial score (nSPS) is 14.0. The van der Waals surface area contributed by atoms with E-state index in [0.29, 0.717) is 12.2 Å². The second kappa shape index (κ2) is 8.66. The number of rotatable bonds is 3. The van der Waals surface area contributed by atoms with Crippen LogP contribution in [0.25, 0.3) is 0 Å². The highest BCUT2D eigenvalue weighted by Crippen LogP contribution is 2.32. The van der Waals surface area contributed by atoms with Crippen molar-refractivity contribution in [3.05, 3.63) is 29.3 Å². The van der Waals surface area contributed by atoms with Crippen molar-refractivity contribution in [3.63, 3.8) is 0 Å². The first-order valence-electron chi connectivity index (χ1n) is 7.43. The fourth-order valence-electron chi connectivity index (χ4n) is 2.23. The van der Waals surface area contributed by atoms with Gasteiger partial charge in [0.1, 0.15) is 0 Å². The average Bonchev–Trinajstić information content (AvgIpc) is 3.05. The number of carbonyl (C=O) groups is 1. The van der Waals surface area contributed by atoms with Crippen molar-refractivity contribution in [2.75, 3.05) is 19.0 Å². The Balaban J connectivity index is 0.000000406. The maximum atomic E-state index is 12.5. The fourth-order valence-corrected chi connectivity index (χ4v) is 2.23. The zero-order chi connectivity index (χ0) is 16.6. The van der Waals surface area contributed by atoms with Crippen molar-refractivity contribution in [3.8, 4) is 0 Å². The Kier molecular flexibility index (Phi) is 7.21. The third-order valence-corrected chi connectivity index (χ3v) is 3.37. The molecule has 0 spiro atoms. The summed E-state index contributed by atoms with van der Waals surface area (Å²) >= 11 is 0. The number of hydrogen-bond acceptors (Lipinski definition) is 3. The summed E-state index contributed by atoms with van der Waals surface area (Å²) in [6.45, 7) is 2.27. The molecule has 6 heteroatoms. The van der Waals surface area contributed by atoms with Crippen LogP contribution >= 0.6 is 0 Å². The van der Waals surface area contributed by atoms with E-state index in [1.165, 1.54) is 38.2 Å². The number of hydrogen-bond donors (Lipinski definition) is 1. The smallest absolute Gasteiger partial charge is 0.416 e. The van der Waals surface area contributed by atoms with Crippen molar-refractivity contribution in [2.24, 2.45) is 0 Å². The Bertz CT molecular complexity index is 475. The van der Waals surface area contributed by atoms with Gasteiger partial charge in [-0.1, -0.05) is 32.1 Å². The molecule has 0 bridgehead atoms. The van der Waals surface area contributed by atoms with Crippen LogP contribution in [-0.4, -0.2) is 19.6 Å². The number of alkyl halides is 3. The highest BCUT2D eigenvalue weighted by molar-refractivity contribution is 5.95. The van der Waals surface area contributed by atoms with Crippen molar-refractivity contribution in [2.45, 2.75) is 45.2 Å². The Morgan fingerprint density at radius 2 is 1.73 bits per heavy atom. The monoisotopic (exact) mass is 317 g/mol. The van der Waals surface area contributed by atoms with Crippen LogP contribution in [0.1, 0.15) is 54.9 Å². The number of carbonyl (C=O) groups excluding carboxylic acids is 1. The maximum absolute atomic E-state index is 12.5. The molecular formula is C16H22F3NO2. The number of methoxy groups -OCH3 is 1. The van der Waals surface area contributed by atoms with Gasteiger partial charge < -0.3 is 10.1 Å². The summed E-state index contributed by atoms with van der Waals surface area (Å²) in [7, 11) is 1.12. The van der Waals surface area contributed by atoms with Gasteiger partial charge in [-0.15, -0.1) is 0 Å². The summed E-state index contributed by atoms with van der Waals surface area (Å²) in [6.07, 6.45) is 3.02. The lowest BCUT2D eigenvalue weighted by molar-refractivity contribution is -0.137. The van der Waals surface area contributed by atoms with Crippen LogP contribution in [0.2, 0.25) is 0 Å². The molecule has 22 heavy (non-hydrogen) atoms. The van der Waals surface area contributed by atoms with Crippen LogP contribution in [0.3, 0.4) is 0 Å². The van der Waals surface area contributed by atoms with E-state index in [4.69, 9.17) is 0 Å². The van der Waals surface area contributed by atoms with Crippen molar-refractivity contribution in [1.82, 2.24) is 0 Å². The maximum Gasteiger partial charge on any atom is 0.416 e. The van der Waals surface area contributed by atoms with Crippen LogP contribution in [0.5, 0.6) is 0 Å². The summed E-state index contributed by atoms with van der Waals surface area (Å²) in [5.41, 5.74) is -0.670. The molecule has 1 aliphatic carbocycles. The molecule has 1 aromatic carbocycles. The lowest BCUT2D eigenvalue weighted by Crippen LogP contribution is -2.12. The molecule has 0 amide bonds. The molecule has 0 saturated heterocycles. The standard InChI is InChI=1S/C11H12F3NO2.C5H10/c1-3-15-9-5-4-7(11(12,13)14)6-8(9)10(16)17-2;1-2-4-5-3-1/h4-6,15H,3H2,1-2H3;1-5H2. The minimum absolute atomic E-state index is 0.121. The van der Waals surface area contributed by atoms with Gasteiger partial charge in [-0.2, -0.15) is 13.2 Å². The zero-order valence-corrected chi connectivity index (χ0v) is 12.9. The number of benzene rings is 1. The van der Waals surface area contributed by atoms with Gasteiger partial charge in [-0.25, -0.2) is 4.79 Å². The molecule has 2 rings (SSSR count). The van der Waals surface area contributed by atoms with Crippen molar-refractivity contribution >= 4 is 11.7 Å². The Morgan fingerprint density at radius 3 is 2.14 bits per heavy atom. The molecule has 1 saturated carbocycles. The van der Waals surface area contributed by atoms with Crippen LogP contribution in [0, 0.1) is 0 Å². The summed E-state index contributed by atoms with van der Waals surface area (Å²) in [4.78, 5) is 11.4. The number of ether oxygens (including phenoxy) is 1. The second-order valence-corrected chi connectivity index (χ2v) is 5.05. The minimum Gasteiger partial charge on any atom is -0.465 e. The molecule has 0 unspecified atom stereocenters. The zero-order valence-electron chi connectivity index (χ0n) is 12.9. The van der Waals surface area contributed by atoms with Crippen LogP contribution in [0.15, 0.2) is 18.2 Å².